The molecule has 18 heavy (non-hydrogen) atoms. The first-order chi connectivity index (χ1) is 8.69. The monoisotopic (exact) mass is 264 g/mol. The Labute approximate surface area is 110 Å². The molecule has 0 aliphatic carbocycles. The second kappa shape index (κ2) is 5.63. The summed E-state index contributed by atoms with van der Waals surface area (Å²) in [5.41, 5.74) is 8.54. The molecule has 0 atom stereocenters. The zero-order chi connectivity index (χ0) is 13.0. The first-order valence-corrected chi connectivity index (χ1v) is 6.58. The van der Waals surface area contributed by atoms with E-state index in [1.165, 1.54) is 4.88 Å². The van der Waals surface area contributed by atoms with Gasteiger partial charge in [-0.2, -0.15) is 9.97 Å². The summed E-state index contributed by atoms with van der Waals surface area (Å²) in [7, 11) is 0. The summed E-state index contributed by atoms with van der Waals surface area (Å²) in [6.45, 7) is 5.49. The van der Waals surface area contributed by atoms with E-state index in [1.54, 1.807) is 11.3 Å². The highest BCUT2D eigenvalue weighted by Crippen LogP contribution is 2.16. The Morgan fingerprint density at radius 1 is 1.28 bits per heavy atom. The Kier molecular flexibility index (Phi) is 3.93. The summed E-state index contributed by atoms with van der Waals surface area (Å²) in [5.74, 6) is 1.71. The molecule has 96 valence electrons. The molecule has 0 bridgehead atoms. The van der Waals surface area contributed by atoms with Gasteiger partial charge in [-0.1, -0.05) is 0 Å². The molecule has 2 aromatic rings. The van der Waals surface area contributed by atoms with E-state index in [2.05, 4.69) is 25.6 Å². The Balaban J connectivity index is 2.07. The Hall–Kier alpha value is -1.89. The van der Waals surface area contributed by atoms with Crippen LogP contribution in [0.4, 0.5) is 17.6 Å². The van der Waals surface area contributed by atoms with Gasteiger partial charge >= 0.3 is 0 Å². The van der Waals surface area contributed by atoms with Crippen LogP contribution >= 0.6 is 11.3 Å². The van der Waals surface area contributed by atoms with Crippen molar-refractivity contribution < 1.29 is 0 Å². The molecule has 0 aromatic carbocycles. The lowest BCUT2D eigenvalue weighted by Gasteiger charge is -2.08. The van der Waals surface area contributed by atoms with Crippen LogP contribution in [0.15, 0.2) is 11.6 Å². The molecule has 0 saturated carbocycles. The van der Waals surface area contributed by atoms with Crippen molar-refractivity contribution in [3.05, 3.63) is 22.1 Å². The second-order valence-electron chi connectivity index (χ2n) is 3.74. The molecule has 0 aliphatic heterocycles. The summed E-state index contributed by atoms with van der Waals surface area (Å²) in [5, 5.41) is 6.34. The third-order valence-electron chi connectivity index (χ3n) is 2.38. The van der Waals surface area contributed by atoms with Crippen molar-refractivity contribution in [3.63, 3.8) is 0 Å². The summed E-state index contributed by atoms with van der Waals surface area (Å²) < 4.78 is 0. The van der Waals surface area contributed by atoms with Gasteiger partial charge in [-0.15, -0.1) is 11.3 Å². The maximum absolute atomic E-state index is 5.66. The molecule has 0 saturated heterocycles. The molecular formula is C11H16N6S. The third-order valence-corrected chi connectivity index (χ3v) is 3.31. The number of hydrogen-bond acceptors (Lipinski definition) is 7. The number of rotatable bonds is 5. The van der Waals surface area contributed by atoms with Crippen LogP contribution in [0.5, 0.6) is 0 Å². The first kappa shape index (κ1) is 12.6. The van der Waals surface area contributed by atoms with Crippen LogP contribution in [0.1, 0.15) is 17.5 Å². The van der Waals surface area contributed by atoms with Crippen molar-refractivity contribution in [2.24, 2.45) is 0 Å². The van der Waals surface area contributed by atoms with Crippen molar-refractivity contribution in [1.29, 1.82) is 0 Å². The van der Waals surface area contributed by atoms with Gasteiger partial charge < -0.3 is 16.4 Å². The fraction of sp³-hybridized carbons (Fsp3) is 0.364. The molecule has 6 nitrogen and oxygen atoms in total. The fourth-order valence-corrected chi connectivity index (χ4v) is 2.21. The van der Waals surface area contributed by atoms with Gasteiger partial charge in [-0.05, 0) is 13.8 Å². The quantitative estimate of drug-likeness (QED) is 0.764. The lowest BCUT2D eigenvalue weighted by Crippen LogP contribution is -2.07. The third kappa shape index (κ3) is 3.07. The van der Waals surface area contributed by atoms with Gasteiger partial charge in [0, 0.05) is 17.5 Å². The molecule has 0 unspecified atom stereocenters. The number of nitrogen functional groups attached to an aromatic ring is 1. The van der Waals surface area contributed by atoms with Gasteiger partial charge in [0.15, 0.2) is 0 Å². The van der Waals surface area contributed by atoms with Crippen molar-refractivity contribution in [1.82, 2.24) is 15.0 Å². The lowest BCUT2D eigenvalue weighted by atomic mass is 10.4. The fourth-order valence-electron chi connectivity index (χ4n) is 1.49. The molecule has 2 rings (SSSR count). The number of aryl methyl sites for hydroxylation is 1. The summed E-state index contributed by atoms with van der Waals surface area (Å²) in [4.78, 5) is 13.6. The number of hydrogen-bond donors (Lipinski definition) is 3. The van der Waals surface area contributed by atoms with E-state index in [9.17, 15) is 0 Å². The molecular weight excluding hydrogens is 248 g/mol. The average Bonchev–Trinajstić information content (AvgIpc) is 2.72. The van der Waals surface area contributed by atoms with E-state index in [0.29, 0.717) is 12.4 Å². The zero-order valence-electron chi connectivity index (χ0n) is 10.4. The van der Waals surface area contributed by atoms with Crippen LogP contribution in [0, 0.1) is 6.92 Å². The smallest absolute Gasteiger partial charge is 0.223 e. The molecule has 2 heterocycles. The van der Waals surface area contributed by atoms with Crippen LogP contribution in [0.2, 0.25) is 0 Å². The molecule has 0 aliphatic rings. The number of nitrogens with zero attached hydrogens (tertiary/aromatic N) is 3. The van der Waals surface area contributed by atoms with E-state index >= 15 is 0 Å². The highest BCUT2D eigenvalue weighted by Gasteiger charge is 2.04. The van der Waals surface area contributed by atoms with Crippen LogP contribution < -0.4 is 16.4 Å². The van der Waals surface area contributed by atoms with Gasteiger partial charge in [-0.25, -0.2) is 4.98 Å². The van der Waals surface area contributed by atoms with Crippen LogP contribution in [0.3, 0.4) is 0 Å². The Bertz CT molecular complexity index is 524. The van der Waals surface area contributed by atoms with Crippen LogP contribution in [-0.4, -0.2) is 21.5 Å². The van der Waals surface area contributed by atoms with Gasteiger partial charge in [0.2, 0.25) is 5.95 Å². The predicted molar refractivity (Wildman–Crippen MR) is 74.8 cm³/mol. The zero-order valence-corrected chi connectivity index (χ0v) is 11.2. The number of nitrogens with two attached hydrogens (primary N) is 1. The van der Waals surface area contributed by atoms with Crippen molar-refractivity contribution >= 4 is 28.9 Å². The van der Waals surface area contributed by atoms with Crippen molar-refractivity contribution in [2.45, 2.75) is 20.4 Å². The van der Waals surface area contributed by atoms with Gasteiger partial charge in [0.25, 0.3) is 0 Å². The van der Waals surface area contributed by atoms with E-state index in [4.69, 9.17) is 5.73 Å². The summed E-state index contributed by atoms with van der Waals surface area (Å²) in [6.07, 6.45) is 0. The molecule has 2 aromatic heterocycles. The SMILES string of the molecule is CCNc1cc(NCc2scnc2C)nc(N)n1. The predicted octanol–water partition coefficient (Wildman–Crippen LogP) is 1.87. The highest BCUT2D eigenvalue weighted by atomic mass is 32.1. The van der Waals surface area contributed by atoms with E-state index < -0.39 is 0 Å². The van der Waals surface area contributed by atoms with Crippen molar-refractivity contribution in [3.8, 4) is 0 Å². The number of thiazole rings is 1. The molecule has 7 heteroatoms. The van der Waals surface area contributed by atoms with Crippen LogP contribution in [0.25, 0.3) is 0 Å². The van der Waals surface area contributed by atoms with E-state index in [1.807, 2.05) is 25.4 Å². The maximum Gasteiger partial charge on any atom is 0.223 e. The summed E-state index contributed by atoms with van der Waals surface area (Å²) in [6, 6.07) is 1.84. The highest BCUT2D eigenvalue weighted by molar-refractivity contribution is 7.09. The number of nitrogens with one attached hydrogen (secondary N) is 2. The van der Waals surface area contributed by atoms with E-state index in [-0.39, 0.29) is 5.95 Å². The van der Waals surface area contributed by atoms with Crippen molar-refractivity contribution in [2.75, 3.05) is 22.9 Å². The molecule has 4 N–H and O–H groups in total. The topological polar surface area (TPSA) is 88.8 Å². The minimum atomic E-state index is 0.261. The molecule has 0 radical (unpaired) electrons. The Morgan fingerprint density at radius 2 is 2.00 bits per heavy atom. The maximum atomic E-state index is 5.66. The van der Waals surface area contributed by atoms with Gasteiger partial charge in [-0.3, -0.25) is 0 Å². The Morgan fingerprint density at radius 3 is 2.61 bits per heavy atom. The normalized spacial score (nSPS) is 10.3. The lowest BCUT2D eigenvalue weighted by molar-refractivity contribution is 1.07. The largest absolute Gasteiger partial charge is 0.370 e. The molecule has 0 fully saturated rings. The number of anilines is 3. The first-order valence-electron chi connectivity index (χ1n) is 5.70. The summed E-state index contributed by atoms with van der Waals surface area (Å²) >= 11 is 1.62. The number of aromatic nitrogens is 3. The van der Waals surface area contributed by atoms with E-state index in [0.717, 1.165) is 18.1 Å². The van der Waals surface area contributed by atoms with Gasteiger partial charge in [0.05, 0.1) is 17.7 Å². The molecule has 0 spiro atoms. The average molecular weight is 264 g/mol. The van der Waals surface area contributed by atoms with Gasteiger partial charge in [0.1, 0.15) is 11.6 Å². The minimum absolute atomic E-state index is 0.261. The standard InChI is InChI=1S/C11H16N6S/c1-3-13-9-4-10(17-11(12)16-9)14-5-8-7(2)15-6-18-8/h4,6H,3,5H2,1-2H3,(H4,12,13,14,16,17). The van der Waals surface area contributed by atoms with Crippen LogP contribution in [-0.2, 0) is 6.54 Å². The second-order valence-corrected chi connectivity index (χ2v) is 4.68. The minimum Gasteiger partial charge on any atom is -0.370 e. The molecule has 0 amide bonds.